The second-order valence-electron chi connectivity index (χ2n) is 6.03. The van der Waals surface area contributed by atoms with Crippen LogP contribution in [0.5, 0.6) is 0 Å². The number of likely N-dealkylation sites (tertiary alicyclic amines) is 1. The van der Waals surface area contributed by atoms with E-state index in [-0.39, 0.29) is 12.3 Å². The Labute approximate surface area is 130 Å². The maximum Gasteiger partial charge on any atom is 0.226 e. The van der Waals surface area contributed by atoms with Gasteiger partial charge in [-0.15, -0.1) is 0 Å². The van der Waals surface area contributed by atoms with Crippen LogP contribution in [0.15, 0.2) is 28.8 Å². The number of piperidine rings is 1. The molecule has 1 aliphatic heterocycles. The smallest absolute Gasteiger partial charge is 0.226 e. The van der Waals surface area contributed by atoms with E-state index in [2.05, 4.69) is 22.3 Å². The van der Waals surface area contributed by atoms with E-state index >= 15 is 0 Å². The van der Waals surface area contributed by atoms with Crippen LogP contribution < -0.4 is 5.32 Å². The Morgan fingerprint density at radius 3 is 3.14 bits per heavy atom. The largest absolute Gasteiger partial charge is 0.356 e. The predicted octanol–water partition coefficient (Wildman–Crippen LogP) is 2.36. The molecule has 5 nitrogen and oxygen atoms in total. The summed E-state index contributed by atoms with van der Waals surface area (Å²) in [6.45, 7) is 5.03. The number of hydrogen-bond acceptors (Lipinski definition) is 4. The molecule has 1 atom stereocenters. The molecule has 0 saturated carbocycles. The lowest BCUT2D eigenvalue weighted by molar-refractivity contribution is -0.120. The van der Waals surface area contributed by atoms with Crippen molar-refractivity contribution in [2.45, 2.75) is 38.6 Å². The van der Waals surface area contributed by atoms with Crippen molar-refractivity contribution in [1.82, 2.24) is 15.4 Å². The first kappa shape index (κ1) is 15.0. The van der Waals surface area contributed by atoms with E-state index in [0.717, 1.165) is 24.1 Å². The number of benzene rings is 1. The number of amides is 1. The van der Waals surface area contributed by atoms with Crippen LogP contribution in [0.2, 0.25) is 0 Å². The van der Waals surface area contributed by atoms with Crippen molar-refractivity contribution in [2.75, 3.05) is 19.6 Å². The molecule has 1 aliphatic rings. The van der Waals surface area contributed by atoms with Gasteiger partial charge >= 0.3 is 0 Å². The highest BCUT2D eigenvalue weighted by molar-refractivity contribution is 5.86. The van der Waals surface area contributed by atoms with E-state index in [0.29, 0.717) is 18.3 Å². The van der Waals surface area contributed by atoms with Crippen LogP contribution in [0.3, 0.4) is 0 Å². The van der Waals surface area contributed by atoms with E-state index in [1.54, 1.807) is 0 Å². The molecule has 1 aromatic carbocycles. The number of aromatic nitrogens is 1. The molecular formula is C17H23N3O2. The maximum atomic E-state index is 12.1. The van der Waals surface area contributed by atoms with Gasteiger partial charge in [-0.05, 0) is 38.4 Å². The highest BCUT2D eigenvalue weighted by Gasteiger charge is 2.18. The molecule has 0 spiro atoms. The van der Waals surface area contributed by atoms with Crippen LogP contribution in [0.25, 0.3) is 11.0 Å². The summed E-state index contributed by atoms with van der Waals surface area (Å²) in [5.41, 5.74) is 1.44. The van der Waals surface area contributed by atoms with Crippen LogP contribution >= 0.6 is 0 Å². The van der Waals surface area contributed by atoms with Crippen LogP contribution in [0, 0.1) is 0 Å². The molecule has 3 rings (SSSR count). The van der Waals surface area contributed by atoms with Crippen molar-refractivity contribution in [2.24, 2.45) is 0 Å². The highest BCUT2D eigenvalue weighted by atomic mass is 16.5. The van der Waals surface area contributed by atoms with E-state index in [1.807, 2.05) is 24.3 Å². The van der Waals surface area contributed by atoms with Crippen LogP contribution in [-0.4, -0.2) is 41.6 Å². The Morgan fingerprint density at radius 1 is 1.41 bits per heavy atom. The zero-order valence-electron chi connectivity index (χ0n) is 13.0. The van der Waals surface area contributed by atoms with Crippen LogP contribution in [0.4, 0.5) is 0 Å². The van der Waals surface area contributed by atoms with Gasteiger partial charge in [0.25, 0.3) is 0 Å². The molecular weight excluding hydrogens is 278 g/mol. The minimum absolute atomic E-state index is 0.00344. The van der Waals surface area contributed by atoms with Gasteiger partial charge in [0.05, 0.1) is 6.42 Å². The Kier molecular flexibility index (Phi) is 4.73. The summed E-state index contributed by atoms with van der Waals surface area (Å²) in [5.74, 6) is 0.00344. The molecule has 1 aromatic heterocycles. The number of fused-ring (bicyclic) bond motifs is 1. The molecule has 0 radical (unpaired) electrons. The van der Waals surface area contributed by atoms with E-state index in [9.17, 15) is 4.79 Å². The Hall–Kier alpha value is -1.88. The van der Waals surface area contributed by atoms with Gasteiger partial charge in [-0.25, -0.2) is 0 Å². The fourth-order valence-corrected chi connectivity index (χ4v) is 3.11. The first-order valence-corrected chi connectivity index (χ1v) is 8.08. The third kappa shape index (κ3) is 3.47. The van der Waals surface area contributed by atoms with Gasteiger partial charge in [0, 0.05) is 24.5 Å². The lowest BCUT2D eigenvalue weighted by Crippen LogP contribution is -2.42. The predicted molar refractivity (Wildman–Crippen MR) is 85.6 cm³/mol. The van der Waals surface area contributed by atoms with Crippen molar-refractivity contribution in [1.29, 1.82) is 0 Å². The number of carbonyl (C=O) groups excluding carboxylic acids is 1. The zero-order valence-corrected chi connectivity index (χ0v) is 13.0. The van der Waals surface area contributed by atoms with Crippen molar-refractivity contribution in [3.63, 3.8) is 0 Å². The quantitative estimate of drug-likeness (QED) is 0.921. The van der Waals surface area contributed by atoms with Gasteiger partial charge in [-0.1, -0.05) is 23.7 Å². The van der Waals surface area contributed by atoms with E-state index < -0.39 is 0 Å². The lowest BCUT2D eigenvalue weighted by atomic mass is 10.0. The fraction of sp³-hybridized carbons (Fsp3) is 0.529. The molecule has 118 valence electrons. The monoisotopic (exact) mass is 301 g/mol. The standard InChI is InChI=1S/C17H23N3O2/c1-13-6-4-5-10-20(13)11-9-18-17(21)12-15-14-7-2-3-8-16(14)22-19-15/h2-3,7-8,13H,4-6,9-12H2,1H3,(H,18,21). The van der Waals surface area contributed by atoms with Crippen molar-refractivity contribution < 1.29 is 9.32 Å². The second-order valence-corrected chi connectivity index (χ2v) is 6.03. The van der Waals surface area contributed by atoms with Gasteiger partial charge in [0.15, 0.2) is 5.58 Å². The van der Waals surface area contributed by atoms with Crippen molar-refractivity contribution in [3.05, 3.63) is 30.0 Å². The lowest BCUT2D eigenvalue weighted by Gasteiger charge is -2.33. The fourth-order valence-electron chi connectivity index (χ4n) is 3.11. The number of nitrogens with zero attached hydrogens (tertiary/aromatic N) is 2. The molecule has 0 bridgehead atoms. The van der Waals surface area contributed by atoms with Gasteiger partial charge in [0.2, 0.25) is 5.91 Å². The normalized spacial score (nSPS) is 19.4. The van der Waals surface area contributed by atoms with E-state index in [4.69, 9.17) is 4.52 Å². The maximum absolute atomic E-state index is 12.1. The minimum atomic E-state index is 0.00344. The molecule has 1 saturated heterocycles. The highest BCUT2D eigenvalue weighted by Crippen LogP contribution is 2.18. The number of rotatable bonds is 5. The topological polar surface area (TPSA) is 58.4 Å². The van der Waals surface area contributed by atoms with Gasteiger partial charge in [0.1, 0.15) is 5.69 Å². The summed E-state index contributed by atoms with van der Waals surface area (Å²) in [6, 6.07) is 8.26. The third-order valence-corrected chi connectivity index (χ3v) is 4.44. The molecule has 2 heterocycles. The summed E-state index contributed by atoms with van der Waals surface area (Å²) in [5, 5.41) is 7.91. The molecule has 1 amide bonds. The summed E-state index contributed by atoms with van der Waals surface area (Å²) < 4.78 is 5.23. The minimum Gasteiger partial charge on any atom is -0.356 e. The molecule has 1 unspecified atom stereocenters. The average Bonchev–Trinajstić information content (AvgIpc) is 2.92. The third-order valence-electron chi connectivity index (χ3n) is 4.44. The second kappa shape index (κ2) is 6.92. The van der Waals surface area contributed by atoms with Crippen molar-refractivity contribution in [3.8, 4) is 0 Å². The summed E-state index contributed by atoms with van der Waals surface area (Å²) in [4.78, 5) is 14.5. The van der Waals surface area contributed by atoms with Crippen LogP contribution in [0.1, 0.15) is 31.9 Å². The zero-order chi connectivity index (χ0) is 15.4. The number of nitrogens with one attached hydrogen (secondary N) is 1. The Balaban J connectivity index is 1.48. The first-order valence-electron chi connectivity index (χ1n) is 8.08. The number of hydrogen-bond donors (Lipinski definition) is 1. The molecule has 22 heavy (non-hydrogen) atoms. The van der Waals surface area contributed by atoms with Gasteiger partial charge in [-0.3, -0.25) is 9.69 Å². The number of carbonyl (C=O) groups is 1. The van der Waals surface area contributed by atoms with Gasteiger partial charge < -0.3 is 9.84 Å². The molecule has 0 aliphatic carbocycles. The van der Waals surface area contributed by atoms with E-state index in [1.165, 1.54) is 19.3 Å². The SMILES string of the molecule is CC1CCCCN1CCNC(=O)Cc1noc2ccccc12. The Bertz CT molecular complexity index is 638. The summed E-state index contributed by atoms with van der Waals surface area (Å²) >= 11 is 0. The molecule has 2 aromatic rings. The molecule has 1 N–H and O–H groups in total. The van der Waals surface area contributed by atoms with Crippen molar-refractivity contribution >= 4 is 16.9 Å². The molecule has 5 heteroatoms. The average molecular weight is 301 g/mol. The summed E-state index contributed by atoms with van der Waals surface area (Å²) in [6.07, 6.45) is 4.12. The number of para-hydroxylation sites is 1. The van der Waals surface area contributed by atoms with Gasteiger partial charge in [-0.2, -0.15) is 0 Å². The molecule has 1 fully saturated rings. The first-order chi connectivity index (χ1) is 10.7. The summed E-state index contributed by atoms with van der Waals surface area (Å²) in [7, 11) is 0. The van der Waals surface area contributed by atoms with Crippen LogP contribution in [-0.2, 0) is 11.2 Å². The Morgan fingerprint density at radius 2 is 2.27 bits per heavy atom.